The van der Waals surface area contributed by atoms with E-state index in [2.05, 4.69) is 0 Å². The third kappa shape index (κ3) is 6.22. The molecule has 0 saturated carbocycles. The summed E-state index contributed by atoms with van der Waals surface area (Å²) < 4.78 is 56.3. The van der Waals surface area contributed by atoms with Gasteiger partial charge in [-0.15, -0.1) is 10.2 Å². The van der Waals surface area contributed by atoms with E-state index in [1.807, 2.05) is 55.5 Å². The maximum absolute atomic E-state index is 8.49. The maximum atomic E-state index is 8.49. The molecule has 28 heavy (non-hydrogen) atoms. The summed E-state index contributed by atoms with van der Waals surface area (Å²) in [4.78, 5) is 0. The summed E-state index contributed by atoms with van der Waals surface area (Å²) in [7, 11) is -1.65. The van der Waals surface area contributed by atoms with Crippen molar-refractivity contribution in [3.8, 4) is 28.6 Å². The number of benzene rings is 2. The van der Waals surface area contributed by atoms with Crippen molar-refractivity contribution in [2.24, 2.45) is 0 Å². The fraction of sp³-hybridized carbons (Fsp3) is 0.211. The van der Waals surface area contributed by atoms with E-state index in [1.165, 1.54) is 0 Å². The standard InChI is InChI=1S/C19H19O4.ClHO4/c1-4-22-19-12-18(13-5-7-14(20-2)8-6-13)23-17-10-9-15(21-3)11-16(17)19;2-1(3,4)5/h5-12H,4H2,1-3H3;(H,2,3,4,5)/q+1;/p-1. The van der Waals surface area contributed by atoms with Gasteiger partial charge in [0.25, 0.3) is 0 Å². The molecule has 1 heterocycles. The van der Waals surface area contributed by atoms with Crippen molar-refractivity contribution >= 4 is 11.0 Å². The lowest BCUT2D eigenvalue weighted by Gasteiger charge is -2.17. The minimum atomic E-state index is -4.94. The molecule has 0 saturated heterocycles. The Morgan fingerprint density at radius 1 is 0.857 bits per heavy atom. The predicted octanol–water partition coefficient (Wildman–Crippen LogP) is 0.0408. The quantitative estimate of drug-likeness (QED) is 0.539. The van der Waals surface area contributed by atoms with Crippen LogP contribution in [0.2, 0.25) is 0 Å². The molecular weight excluding hydrogens is 392 g/mol. The Morgan fingerprint density at radius 3 is 1.96 bits per heavy atom. The second kappa shape index (κ2) is 9.54. The zero-order valence-corrected chi connectivity index (χ0v) is 16.2. The van der Waals surface area contributed by atoms with Crippen LogP contribution in [0, 0.1) is 10.2 Å². The zero-order valence-electron chi connectivity index (χ0n) is 15.5. The van der Waals surface area contributed by atoms with Crippen LogP contribution >= 0.6 is 0 Å². The third-order valence-electron chi connectivity index (χ3n) is 3.61. The van der Waals surface area contributed by atoms with Gasteiger partial charge in [0.1, 0.15) is 22.6 Å². The Kier molecular flexibility index (Phi) is 7.38. The first-order valence-corrected chi connectivity index (χ1v) is 9.32. The lowest BCUT2D eigenvalue weighted by atomic mass is 10.1. The Labute approximate surface area is 163 Å². The molecule has 0 aliphatic carbocycles. The molecule has 0 aliphatic rings. The van der Waals surface area contributed by atoms with Crippen LogP contribution in [0.4, 0.5) is 0 Å². The van der Waals surface area contributed by atoms with Gasteiger partial charge >= 0.3 is 11.3 Å². The molecule has 0 aliphatic heterocycles. The summed E-state index contributed by atoms with van der Waals surface area (Å²) in [6.45, 7) is 2.54. The molecule has 0 N–H and O–H groups in total. The number of rotatable bonds is 5. The van der Waals surface area contributed by atoms with Crippen LogP contribution in [0.25, 0.3) is 22.3 Å². The van der Waals surface area contributed by atoms with Gasteiger partial charge in [-0.2, -0.15) is 0 Å². The van der Waals surface area contributed by atoms with E-state index in [9.17, 15) is 0 Å². The largest absolute Gasteiger partial charge is 0.497 e. The number of hydrogen-bond acceptors (Lipinski definition) is 7. The minimum Gasteiger partial charge on any atom is -0.497 e. The Balaban J connectivity index is 0.000000500. The summed E-state index contributed by atoms with van der Waals surface area (Å²) in [6.07, 6.45) is 0. The van der Waals surface area contributed by atoms with Gasteiger partial charge in [0.15, 0.2) is 0 Å². The lowest BCUT2D eigenvalue weighted by Crippen LogP contribution is -2.68. The van der Waals surface area contributed by atoms with Crippen LogP contribution in [0.3, 0.4) is 0 Å². The SMILES string of the molecule is CCOc1cc(-c2ccc(OC)cc2)[o+]c2ccc(OC)cc12.[O-][Cl+3]([O-])([O-])[O-]. The average molecular weight is 411 g/mol. The molecule has 150 valence electrons. The second-order valence-electron chi connectivity index (χ2n) is 5.38. The topological polar surface area (TPSA) is 131 Å². The summed E-state index contributed by atoms with van der Waals surface area (Å²) in [5.74, 6) is 3.10. The summed E-state index contributed by atoms with van der Waals surface area (Å²) >= 11 is 0. The van der Waals surface area contributed by atoms with E-state index in [0.717, 1.165) is 39.5 Å². The monoisotopic (exact) mass is 410 g/mol. The van der Waals surface area contributed by atoms with Crippen LogP contribution in [0.1, 0.15) is 6.92 Å². The van der Waals surface area contributed by atoms with Crippen LogP contribution in [0.15, 0.2) is 52.9 Å². The van der Waals surface area contributed by atoms with Gasteiger partial charge in [-0.3, -0.25) is 0 Å². The van der Waals surface area contributed by atoms with Gasteiger partial charge in [-0.1, -0.05) is 0 Å². The normalized spacial score (nSPS) is 10.8. The van der Waals surface area contributed by atoms with Crippen LogP contribution in [-0.4, -0.2) is 20.8 Å². The first-order chi connectivity index (χ1) is 13.2. The highest BCUT2D eigenvalue weighted by Crippen LogP contribution is 2.35. The van der Waals surface area contributed by atoms with E-state index in [4.69, 9.17) is 37.3 Å². The van der Waals surface area contributed by atoms with Crippen LogP contribution < -0.4 is 32.8 Å². The van der Waals surface area contributed by atoms with Crippen molar-refractivity contribution in [1.29, 1.82) is 0 Å². The predicted molar refractivity (Wildman–Crippen MR) is 90.3 cm³/mol. The van der Waals surface area contributed by atoms with Crippen molar-refractivity contribution in [1.82, 2.24) is 0 Å². The Hall–Kier alpha value is -2.62. The average Bonchev–Trinajstić information content (AvgIpc) is 2.66. The molecule has 8 nitrogen and oxygen atoms in total. The maximum Gasteiger partial charge on any atom is 0.364 e. The molecule has 2 aromatic carbocycles. The first-order valence-electron chi connectivity index (χ1n) is 8.09. The van der Waals surface area contributed by atoms with E-state index >= 15 is 0 Å². The van der Waals surface area contributed by atoms with Gasteiger partial charge < -0.3 is 14.2 Å². The molecular formula is C19H19ClO8. The summed E-state index contributed by atoms with van der Waals surface area (Å²) in [6, 6.07) is 15.3. The molecule has 0 unspecified atom stereocenters. The molecule has 3 aromatic rings. The zero-order chi connectivity index (χ0) is 20.7. The van der Waals surface area contributed by atoms with Crippen molar-refractivity contribution < 1.29 is 47.5 Å². The Morgan fingerprint density at radius 2 is 1.43 bits per heavy atom. The molecule has 0 atom stereocenters. The fourth-order valence-corrected chi connectivity index (χ4v) is 2.43. The lowest BCUT2D eigenvalue weighted by molar-refractivity contribution is -2.00. The van der Waals surface area contributed by atoms with E-state index in [-0.39, 0.29) is 0 Å². The number of hydrogen-bond donors (Lipinski definition) is 0. The van der Waals surface area contributed by atoms with Gasteiger partial charge in [-0.05, 0) is 37.3 Å². The van der Waals surface area contributed by atoms with E-state index in [1.54, 1.807) is 14.2 Å². The number of halogens is 1. The summed E-state index contributed by atoms with van der Waals surface area (Å²) in [5, 5.41) is 0.892. The van der Waals surface area contributed by atoms with Crippen molar-refractivity contribution in [2.45, 2.75) is 6.92 Å². The van der Waals surface area contributed by atoms with E-state index in [0.29, 0.717) is 6.61 Å². The van der Waals surface area contributed by atoms with Crippen molar-refractivity contribution in [2.75, 3.05) is 20.8 Å². The van der Waals surface area contributed by atoms with Crippen molar-refractivity contribution in [3.63, 3.8) is 0 Å². The van der Waals surface area contributed by atoms with Gasteiger partial charge in [-0.25, -0.2) is 23.1 Å². The van der Waals surface area contributed by atoms with Gasteiger partial charge in [0.05, 0.1) is 32.5 Å². The molecule has 9 heteroatoms. The molecule has 0 spiro atoms. The molecule has 0 amide bonds. The van der Waals surface area contributed by atoms with Crippen LogP contribution in [-0.2, 0) is 0 Å². The molecule has 1 aromatic heterocycles. The molecule has 0 radical (unpaired) electrons. The highest BCUT2D eigenvalue weighted by atomic mass is 35.7. The molecule has 0 fully saturated rings. The van der Waals surface area contributed by atoms with Gasteiger partial charge in [0, 0.05) is 12.1 Å². The smallest absolute Gasteiger partial charge is 0.364 e. The van der Waals surface area contributed by atoms with E-state index < -0.39 is 10.2 Å². The number of fused-ring (bicyclic) bond motifs is 1. The highest BCUT2D eigenvalue weighted by molar-refractivity contribution is 5.87. The molecule has 0 bridgehead atoms. The molecule has 3 rings (SSSR count). The van der Waals surface area contributed by atoms with Crippen molar-refractivity contribution in [3.05, 3.63) is 48.5 Å². The fourth-order valence-electron chi connectivity index (χ4n) is 2.43. The summed E-state index contributed by atoms with van der Waals surface area (Å²) in [5.41, 5.74) is 1.71. The van der Waals surface area contributed by atoms with Gasteiger partial charge in [0.2, 0.25) is 0 Å². The third-order valence-corrected chi connectivity index (χ3v) is 3.61. The Bertz CT molecular complexity index is 900. The minimum absolute atomic E-state index is 0.582. The second-order valence-corrected chi connectivity index (χ2v) is 6.13. The van der Waals surface area contributed by atoms with Crippen LogP contribution in [0.5, 0.6) is 17.2 Å². The highest BCUT2D eigenvalue weighted by Gasteiger charge is 2.20. The number of methoxy groups -OCH3 is 2. The first kappa shape index (κ1) is 21.7. The number of ether oxygens (including phenoxy) is 3.